The zero-order valence-electron chi connectivity index (χ0n) is 17.8. The van der Waals surface area contributed by atoms with Crippen molar-refractivity contribution in [1.82, 2.24) is 0 Å². The summed E-state index contributed by atoms with van der Waals surface area (Å²) in [5.41, 5.74) is 2.84. The van der Waals surface area contributed by atoms with Crippen molar-refractivity contribution in [3.8, 4) is 11.5 Å². The summed E-state index contributed by atoms with van der Waals surface area (Å²) in [6.45, 7) is 6.53. The molecule has 1 aliphatic heterocycles. The number of nitrogens with one attached hydrogen (secondary N) is 1. The van der Waals surface area contributed by atoms with Crippen LogP contribution in [0.3, 0.4) is 0 Å². The van der Waals surface area contributed by atoms with E-state index in [0.29, 0.717) is 28.3 Å². The van der Waals surface area contributed by atoms with Crippen molar-refractivity contribution in [1.29, 1.82) is 0 Å². The van der Waals surface area contributed by atoms with Crippen LogP contribution in [0.15, 0.2) is 72.8 Å². The van der Waals surface area contributed by atoms with Gasteiger partial charge in [-0.15, -0.1) is 0 Å². The summed E-state index contributed by atoms with van der Waals surface area (Å²) in [7, 11) is 0. The van der Waals surface area contributed by atoms with Crippen molar-refractivity contribution in [3.63, 3.8) is 0 Å². The van der Waals surface area contributed by atoms with Crippen LogP contribution in [-0.2, 0) is 10.2 Å². The van der Waals surface area contributed by atoms with Gasteiger partial charge in [-0.25, -0.2) is 0 Å². The van der Waals surface area contributed by atoms with E-state index in [2.05, 4.69) is 26.1 Å². The lowest BCUT2D eigenvalue weighted by Gasteiger charge is -2.25. The molecule has 1 atom stereocenters. The van der Waals surface area contributed by atoms with Crippen molar-refractivity contribution in [2.45, 2.75) is 32.3 Å². The molecule has 1 amide bonds. The summed E-state index contributed by atoms with van der Waals surface area (Å²) in [4.78, 5) is 25.6. The first-order valence-corrected chi connectivity index (χ1v) is 10.3. The lowest BCUT2D eigenvalue weighted by Crippen LogP contribution is -2.40. The first-order valence-electron chi connectivity index (χ1n) is 10.3. The Hall–Kier alpha value is -3.60. The first-order chi connectivity index (χ1) is 14.8. The van der Waals surface area contributed by atoms with E-state index < -0.39 is 6.10 Å². The maximum absolute atomic E-state index is 12.9. The molecular weight excluding hydrogens is 390 g/mol. The molecule has 158 valence electrons. The third-order valence-electron chi connectivity index (χ3n) is 5.21. The van der Waals surface area contributed by atoms with Gasteiger partial charge in [0.15, 0.2) is 17.3 Å². The molecule has 3 aromatic carbocycles. The van der Waals surface area contributed by atoms with Gasteiger partial charge in [-0.05, 0) is 35.2 Å². The maximum atomic E-state index is 12.9. The van der Waals surface area contributed by atoms with Crippen LogP contribution >= 0.6 is 0 Å². The molecule has 5 heteroatoms. The molecule has 1 aliphatic rings. The Labute approximate surface area is 182 Å². The van der Waals surface area contributed by atoms with Gasteiger partial charge in [-0.1, -0.05) is 69.3 Å². The van der Waals surface area contributed by atoms with E-state index in [-0.39, 0.29) is 23.7 Å². The number of ether oxygens (including phenoxy) is 2. The molecule has 0 aromatic heterocycles. The standard InChI is InChI=1S/C26H25NO4/c1-26(2,3)19-13-11-17(12-14-19)24(28)18-7-6-8-20(15-18)27-25(29)23-16-30-21-9-4-5-10-22(21)31-23/h4-15,23H,16H2,1-3H3,(H,27,29)/t23-/m1/s1. The van der Waals surface area contributed by atoms with Crippen LogP contribution in [0.5, 0.6) is 11.5 Å². The quantitative estimate of drug-likeness (QED) is 0.610. The van der Waals surface area contributed by atoms with Gasteiger partial charge in [-0.2, -0.15) is 0 Å². The molecule has 3 aromatic rings. The second-order valence-electron chi connectivity index (χ2n) is 8.59. The molecular formula is C26H25NO4. The maximum Gasteiger partial charge on any atom is 0.269 e. The topological polar surface area (TPSA) is 64.6 Å². The van der Waals surface area contributed by atoms with Crippen LogP contribution in [0, 0.1) is 0 Å². The molecule has 0 radical (unpaired) electrons. The number of carbonyl (C=O) groups is 2. The van der Waals surface area contributed by atoms with Gasteiger partial charge in [0.05, 0.1) is 0 Å². The van der Waals surface area contributed by atoms with Crippen LogP contribution in [-0.4, -0.2) is 24.4 Å². The third-order valence-corrected chi connectivity index (χ3v) is 5.21. The molecule has 5 nitrogen and oxygen atoms in total. The fourth-order valence-corrected chi connectivity index (χ4v) is 3.40. The number of hydrogen-bond donors (Lipinski definition) is 1. The highest BCUT2D eigenvalue weighted by Crippen LogP contribution is 2.31. The Kier molecular flexibility index (Phi) is 5.51. The van der Waals surface area contributed by atoms with Crippen LogP contribution < -0.4 is 14.8 Å². The van der Waals surface area contributed by atoms with Gasteiger partial charge in [-0.3, -0.25) is 9.59 Å². The summed E-state index contributed by atoms with van der Waals surface area (Å²) >= 11 is 0. The Morgan fingerprint density at radius 2 is 1.58 bits per heavy atom. The lowest BCUT2D eigenvalue weighted by molar-refractivity contribution is -0.125. The van der Waals surface area contributed by atoms with Gasteiger partial charge in [0, 0.05) is 16.8 Å². The van der Waals surface area contributed by atoms with Gasteiger partial charge in [0.25, 0.3) is 5.91 Å². The number of anilines is 1. The van der Waals surface area contributed by atoms with Gasteiger partial charge in [0.1, 0.15) is 6.61 Å². The largest absolute Gasteiger partial charge is 0.485 e. The minimum absolute atomic E-state index is 0.0250. The number of benzene rings is 3. The number of para-hydroxylation sites is 2. The smallest absolute Gasteiger partial charge is 0.269 e. The van der Waals surface area contributed by atoms with E-state index in [9.17, 15) is 9.59 Å². The fourth-order valence-electron chi connectivity index (χ4n) is 3.40. The van der Waals surface area contributed by atoms with E-state index in [0.717, 1.165) is 0 Å². The molecule has 0 fully saturated rings. The molecule has 1 heterocycles. The molecule has 0 bridgehead atoms. The highest BCUT2D eigenvalue weighted by Gasteiger charge is 2.27. The third kappa shape index (κ3) is 4.61. The average molecular weight is 415 g/mol. The molecule has 1 N–H and O–H groups in total. The molecule has 4 rings (SSSR count). The van der Waals surface area contributed by atoms with Crippen LogP contribution in [0.4, 0.5) is 5.69 Å². The number of hydrogen-bond acceptors (Lipinski definition) is 4. The van der Waals surface area contributed by atoms with Crippen LogP contribution in [0.25, 0.3) is 0 Å². The van der Waals surface area contributed by atoms with Gasteiger partial charge < -0.3 is 14.8 Å². The monoisotopic (exact) mass is 415 g/mol. The molecule has 0 unspecified atom stereocenters. The second kappa shape index (κ2) is 8.26. The highest BCUT2D eigenvalue weighted by molar-refractivity contribution is 6.09. The Balaban J connectivity index is 1.46. The van der Waals surface area contributed by atoms with E-state index >= 15 is 0 Å². The number of fused-ring (bicyclic) bond motifs is 1. The first kappa shape index (κ1) is 20.7. The normalized spacial score (nSPS) is 15.3. The van der Waals surface area contributed by atoms with Gasteiger partial charge >= 0.3 is 0 Å². The second-order valence-corrected chi connectivity index (χ2v) is 8.59. The molecule has 0 spiro atoms. The average Bonchev–Trinajstić information content (AvgIpc) is 2.78. The number of carbonyl (C=O) groups excluding carboxylic acids is 2. The minimum Gasteiger partial charge on any atom is -0.485 e. The summed E-state index contributed by atoms with van der Waals surface area (Å²) < 4.78 is 11.4. The van der Waals surface area contributed by atoms with Crippen LogP contribution in [0.1, 0.15) is 42.3 Å². The Bertz CT molecular complexity index is 1110. The van der Waals surface area contributed by atoms with Crippen LogP contribution in [0.2, 0.25) is 0 Å². The van der Waals surface area contributed by atoms with Crippen molar-refractivity contribution in [2.24, 2.45) is 0 Å². The highest BCUT2D eigenvalue weighted by atomic mass is 16.6. The van der Waals surface area contributed by atoms with E-state index in [1.165, 1.54) is 5.56 Å². The molecule has 31 heavy (non-hydrogen) atoms. The SMILES string of the molecule is CC(C)(C)c1ccc(C(=O)c2cccc(NC(=O)[C@H]3COc4ccccc4O3)c2)cc1. The minimum atomic E-state index is -0.765. The molecule has 0 saturated carbocycles. The predicted octanol–water partition coefficient (Wildman–Crippen LogP) is 4.99. The zero-order chi connectivity index (χ0) is 22.0. The number of ketones is 1. The predicted molar refractivity (Wildman–Crippen MR) is 120 cm³/mol. The van der Waals surface area contributed by atoms with E-state index in [1.54, 1.807) is 36.4 Å². The van der Waals surface area contributed by atoms with Crippen molar-refractivity contribution in [2.75, 3.05) is 11.9 Å². The summed E-state index contributed by atoms with van der Waals surface area (Å²) in [6.07, 6.45) is -0.765. The van der Waals surface area contributed by atoms with Crippen molar-refractivity contribution < 1.29 is 19.1 Å². The van der Waals surface area contributed by atoms with E-state index in [1.807, 2.05) is 36.4 Å². The fraction of sp³-hybridized carbons (Fsp3) is 0.231. The van der Waals surface area contributed by atoms with Gasteiger partial charge in [0.2, 0.25) is 6.10 Å². The summed E-state index contributed by atoms with van der Waals surface area (Å²) in [5, 5.41) is 2.82. The zero-order valence-corrected chi connectivity index (χ0v) is 17.8. The number of amides is 1. The van der Waals surface area contributed by atoms with Crippen molar-refractivity contribution >= 4 is 17.4 Å². The lowest BCUT2D eigenvalue weighted by atomic mass is 9.86. The van der Waals surface area contributed by atoms with E-state index in [4.69, 9.17) is 9.47 Å². The van der Waals surface area contributed by atoms with Crippen molar-refractivity contribution in [3.05, 3.63) is 89.5 Å². The molecule has 0 saturated heterocycles. The molecule has 0 aliphatic carbocycles. The summed E-state index contributed by atoms with van der Waals surface area (Å²) in [6, 6.07) is 21.8. The Morgan fingerprint density at radius 1 is 0.871 bits per heavy atom. The Morgan fingerprint density at radius 3 is 2.29 bits per heavy atom. The summed E-state index contributed by atoms with van der Waals surface area (Å²) in [5.74, 6) is 0.740. The number of rotatable bonds is 4.